The van der Waals surface area contributed by atoms with Gasteiger partial charge in [0.25, 0.3) is 0 Å². The zero-order valence-corrected chi connectivity index (χ0v) is 25.4. The van der Waals surface area contributed by atoms with Crippen LogP contribution in [0.2, 0.25) is 0 Å². The second kappa shape index (κ2) is 17.8. The van der Waals surface area contributed by atoms with Crippen LogP contribution in [0.3, 0.4) is 0 Å². The highest BCUT2D eigenvalue weighted by Crippen LogP contribution is 2.43. The largest absolute Gasteiger partial charge is 0.466 e. The summed E-state index contributed by atoms with van der Waals surface area (Å²) >= 11 is 7.01. The maximum absolute atomic E-state index is 11.3. The average Bonchev–Trinajstić information content (AvgIpc) is 3.23. The van der Waals surface area contributed by atoms with Gasteiger partial charge in [-0.15, -0.1) is 11.6 Å². The molecule has 1 saturated carbocycles. The molecule has 3 rings (SSSR count). The van der Waals surface area contributed by atoms with E-state index in [1.54, 1.807) is 0 Å². The molecule has 2 heterocycles. The highest BCUT2D eigenvalue weighted by Gasteiger charge is 2.43. The van der Waals surface area contributed by atoms with Crippen molar-refractivity contribution in [2.24, 2.45) is 11.8 Å². The predicted octanol–water partition coefficient (Wildman–Crippen LogP) is 7.87. The molecule has 1 aliphatic carbocycles. The van der Waals surface area contributed by atoms with Crippen LogP contribution in [0.4, 0.5) is 0 Å². The van der Waals surface area contributed by atoms with E-state index in [2.05, 4.69) is 30.7 Å². The Morgan fingerprint density at radius 2 is 1.77 bits per heavy atom. The molecule has 0 aromatic heterocycles. The van der Waals surface area contributed by atoms with Gasteiger partial charge in [0.2, 0.25) is 0 Å². The highest BCUT2D eigenvalue weighted by molar-refractivity contribution is 6.21. The second-order valence-corrected chi connectivity index (χ2v) is 12.3. The van der Waals surface area contributed by atoms with Crippen molar-refractivity contribution in [3.8, 4) is 0 Å². The molecule has 0 radical (unpaired) electrons. The molecule has 3 unspecified atom stereocenters. The third kappa shape index (κ3) is 11.5. The van der Waals surface area contributed by atoms with E-state index in [0.717, 1.165) is 96.7 Å². The van der Waals surface area contributed by atoms with Crippen LogP contribution < -0.4 is 0 Å². The lowest BCUT2D eigenvalue weighted by Crippen LogP contribution is -2.36. The third-order valence-corrected chi connectivity index (χ3v) is 8.91. The van der Waals surface area contributed by atoms with E-state index in [0.29, 0.717) is 5.92 Å². The Hall–Kier alpha value is -0.920. The Morgan fingerprint density at radius 1 is 1.03 bits per heavy atom. The molecule has 0 aromatic carbocycles. The van der Waals surface area contributed by atoms with Crippen molar-refractivity contribution in [2.75, 3.05) is 20.3 Å². The van der Waals surface area contributed by atoms with Gasteiger partial charge in [0.15, 0.2) is 12.6 Å². The van der Waals surface area contributed by atoms with Gasteiger partial charge in [-0.1, -0.05) is 50.8 Å². The smallest absolute Gasteiger partial charge is 0.330 e. The molecule has 0 aromatic rings. The fourth-order valence-corrected chi connectivity index (χ4v) is 6.56. The van der Waals surface area contributed by atoms with Gasteiger partial charge < -0.3 is 23.7 Å². The first-order valence-corrected chi connectivity index (χ1v) is 16.0. The van der Waals surface area contributed by atoms with E-state index < -0.39 is 0 Å². The first-order valence-electron chi connectivity index (χ1n) is 15.6. The van der Waals surface area contributed by atoms with Gasteiger partial charge in [-0.05, 0) is 83.5 Å². The van der Waals surface area contributed by atoms with Crippen LogP contribution in [0.15, 0.2) is 24.3 Å². The van der Waals surface area contributed by atoms with Gasteiger partial charge in [0.1, 0.15) is 0 Å². The van der Waals surface area contributed by atoms with E-state index in [4.69, 9.17) is 30.5 Å². The lowest BCUT2D eigenvalue weighted by Gasteiger charge is -2.34. The summed E-state index contributed by atoms with van der Waals surface area (Å²) in [6.07, 6.45) is 23.6. The molecule has 2 aliphatic heterocycles. The molecule has 3 fully saturated rings. The second-order valence-electron chi connectivity index (χ2n) is 11.7. The maximum atomic E-state index is 11.3. The number of rotatable bonds is 16. The van der Waals surface area contributed by atoms with Crippen molar-refractivity contribution >= 4 is 17.6 Å². The number of halogens is 1. The van der Waals surface area contributed by atoms with Crippen LogP contribution in [-0.4, -0.2) is 56.0 Å². The Balaban J connectivity index is 1.69. The Kier molecular flexibility index (Phi) is 14.9. The molecule has 7 atom stereocenters. The molecule has 7 heteroatoms. The summed E-state index contributed by atoms with van der Waals surface area (Å²) in [6.45, 7) is 6.01. The van der Waals surface area contributed by atoms with Crippen molar-refractivity contribution < 1.29 is 28.5 Å². The number of ether oxygens (including phenoxy) is 5. The number of alkyl halides is 1. The van der Waals surface area contributed by atoms with Crippen molar-refractivity contribution in [1.82, 2.24) is 0 Å². The van der Waals surface area contributed by atoms with Crippen LogP contribution >= 0.6 is 11.6 Å². The quantitative estimate of drug-likeness (QED) is 0.0620. The SMILES string of the molecule is CCCCCC(C)(/C=C/[C@@H]1[C@@H](CCCC/C=C/C(=O)OC)[C@H](Cl)C[C@H]1OC1CCCCO1)OC1CCCCO1. The first kappa shape index (κ1) is 32.6. The van der Waals surface area contributed by atoms with E-state index in [-0.39, 0.29) is 41.5 Å². The van der Waals surface area contributed by atoms with Gasteiger partial charge in [-0.3, -0.25) is 0 Å². The summed E-state index contributed by atoms with van der Waals surface area (Å²) in [4.78, 5) is 11.3. The Labute approximate surface area is 242 Å². The van der Waals surface area contributed by atoms with E-state index in [9.17, 15) is 4.79 Å². The van der Waals surface area contributed by atoms with Crippen LogP contribution in [0, 0.1) is 11.8 Å². The third-order valence-electron chi connectivity index (χ3n) is 8.41. The summed E-state index contributed by atoms with van der Waals surface area (Å²) in [5.41, 5.74) is -0.378. The summed E-state index contributed by atoms with van der Waals surface area (Å²) in [5, 5.41) is 0.0628. The molecule has 2 saturated heterocycles. The van der Waals surface area contributed by atoms with Crippen LogP contribution in [-0.2, 0) is 28.5 Å². The van der Waals surface area contributed by atoms with E-state index >= 15 is 0 Å². The summed E-state index contributed by atoms with van der Waals surface area (Å²) in [7, 11) is 1.40. The predicted molar refractivity (Wildman–Crippen MR) is 156 cm³/mol. The summed E-state index contributed by atoms with van der Waals surface area (Å²) in [6, 6.07) is 0. The van der Waals surface area contributed by atoms with Gasteiger partial charge >= 0.3 is 5.97 Å². The van der Waals surface area contributed by atoms with Crippen LogP contribution in [0.5, 0.6) is 0 Å². The fraction of sp³-hybridized carbons (Fsp3) is 0.844. The van der Waals surface area contributed by atoms with Crippen molar-refractivity contribution in [2.45, 2.75) is 140 Å². The topological polar surface area (TPSA) is 63.2 Å². The lowest BCUT2D eigenvalue weighted by atomic mass is 9.87. The molecule has 224 valence electrons. The fourth-order valence-electron chi connectivity index (χ4n) is 6.09. The maximum Gasteiger partial charge on any atom is 0.330 e. The number of esters is 1. The number of carbonyl (C=O) groups is 1. The summed E-state index contributed by atoms with van der Waals surface area (Å²) in [5.74, 6) is 0.237. The van der Waals surface area contributed by atoms with Crippen molar-refractivity contribution in [3.63, 3.8) is 0 Å². The first-order chi connectivity index (χ1) is 18.9. The minimum Gasteiger partial charge on any atom is -0.466 e. The minimum atomic E-state index is -0.378. The number of carbonyl (C=O) groups excluding carboxylic acids is 1. The molecule has 0 spiro atoms. The molecular formula is C32H53ClO6. The Bertz CT molecular complexity index is 745. The average molecular weight is 569 g/mol. The van der Waals surface area contributed by atoms with Gasteiger partial charge in [-0.2, -0.15) is 0 Å². The number of hydrogen-bond donors (Lipinski definition) is 0. The zero-order chi connectivity index (χ0) is 27.9. The molecule has 0 amide bonds. The van der Waals surface area contributed by atoms with Crippen molar-refractivity contribution in [1.29, 1.82) is 0 Å². The van der Waals surface area contributed by atoms with Gasteiger partial charge in [-0.25, -0.2) is 4.79 Å². The molecule has 0 N–H and O–H groups in total. The summed E-state index contributed by atoms with van der Waals surface area (Å²) < 4.78 is 29.8. The minimum absolute atomic E-state index is 0.0434. The van der Waals surface area contributed by atoms with Crippen LogP contribution in [0.25, 0.3) is 0 Å². The molecule has 6 nitrogen and oxygen atoms in total. The molecule has 3 aliphatic rings. The van der Waals surface area contributed by atoms with Crippen molar-refractivity contribution in [3.05, 3.63) is 24.3 Å². The number of hydrogen-bond acceptors (Lipinski definition) is 6. The standard InChI is InChI=1S/C32H53ClO6/c1-4-5-12-20-32(2,39-31-18-11-14-23-37-31)21-19-26-25(15-8-6-7-9-16-29(34)35-3)27(33)24-28(26)38-30-17-10-13-22-36-30/h9,16,19,21,25-28,30-31H,4-8,10-15,17-18,20,22-24H2,1-3H3/b16-9+,21-19+/t25-,26-,27-,28-,30?,31?,32?/m1/s1. The normalized spacial score (nSPS) is 31.6. The van der Waals surface area contributed by atoms with Crippen LogP contribution in [0.1, 0.15) is 110 Å². The van der Waals surface area contributed by atoms with Gasteiger partial charge in [0.05, 0.1) is 18.8 Å². The Morgan fingerprint density at radius 3 is 2.44 bits per heavy atom. The number of methoxy groups -OCH3 is 1. The molecule has 39 heavy (non-hydrogen) atoms. The highest BCUT2D eigenvalue weighted by atomic mass is 35.5. The van der Waals surface area contributed by atoms with E-state index in [1.165, 1.54) is 26.0 Å². The number of allylic oxidation sites excluding steroid dienone is 1. The monoisotopic (exact) mass is 568 g/mol. The molecule has 0 bridgehead atoms. The van der Waals surface area contributed by atoms with Gasteiger partial charge in [0, 0.05) is 30.6 Å². The zero-order valence-electron chi connectivity index (χ0n) is 24.6. The number of unbranched alkanes of at least 4 members (excludes halogenated alkanes) is 4. The lowest BCUT2D eigenvalue weighted by molar-refractivity contribution is -0.208. The molecular weight excluding hydrogens is 516 g/mol. The van der Waals surface area contributed by atoms with E-state index in [1.807, 2.05) is 6.08 Å².